The number of halogens is 1. The second-order valence-electron chi connectivity index (χ2n) is 4.40. The third kappa shape index (κ3) is 2.74. The van der Waals surface area contributed by atoms with Crippen LogP contribution in [0.15, 0.2) is 16.0 Å². The Bertz CT molecular complexity index is 640. The zero-order valence-corrected chi connectivity index (χ0v) is 13.5. The predicted octanol–water partition coefficient (Wildman–Crippen LogP) is 1.99. The molecule has 0 saturated carbocycles. The van der Waals surface area contributed by atoms with E-state index in [1.807, 2.05) is 20.8 Å². The molecule has 0 aliphatic heterocycles. The van der Waals surface area contributed by atoms with Crippen LogP contribution in [-0.2, 0) is 10.8 Å². The van der Waals surface area contributed by atoms with Crippen molar-refractivity contribution in [1.82, 2.24) is 24.7 Å². The van der Waals surface area contributed by atoms with Crippen LogP contribution in [0.3, 0.4) is 0 Å². The molecule has 2 rings (SSSR count). The quantitative estimate of drug-likeness (QED) is 0.851. The maximum Gasteiger partial charge on any atom is 0.226 e. The standard InChI is InChI=1S/C11H14BrN5OS/c1-6(2)9-14-7(3)8(12)10(15-9)17-5-13-16-11(17)19(4)18/h5-6H,1-4H3. The first kappa shape index (κ1) is 14.3. The Balaban J connectivity index is 2.67. The van der Waals surface area contributed by atoms with E-state index < -0.39 is 10.8 Å². The van der Waals surface area contributed by atoms with E-state index >= 15 is 0 Å². The molecule has 8 heteroatoms. The second-order valence-corrected chi connectivity index (χ2v) is 6.46. The van der Waals surface area contributed by atoms with Crippen LogP contribution in [0.2, 0.25) is 0 Å². The minimum absolute atomic E-state index is 0.206. The first-order valence-corrected chi connectivity index (χ1v) is 8.04. The number of aromatic nitrogens is 5. The summed E-state index contributed by atoms with van der Waals surface area (Å²) in [5.41, 5.74) is 0.829. The molecule has 6 nitrogen and oxygen atoms in total. The monoisotopic (exact) mass is 343 g/mol. The molecule has 0 amide bonds. The van der Waals surface area contributed by atoms with Crippen molar-refractivity contribution < 1.29 is 4.21 Å². The summed E-state index contributed by atoms with van der Waals surface area (Å²) in [4.78, 5) is 8.94. The largest absolute Gasteiger partial charge is 0.257 e. The normalized spacial score (nSPS) is 12.9. The van der Waals surface area contributed by atoms with E-state index in [2.05, 4.69) is 36.1 Å². The highest BCUT2D eigenvalue weighted by molar-refractivity contribution is 9.10. The Morgan fingerprint density at radius 2 is 2.05 bits per heavy atom. The molecular weight excluding hydrogens is 330 g/mol. The van der Waals surface area contributed by atoms with Gasteiger partial charge < -0.3 is 0 Å². The van der Waals surface area contributed by atoms with Gasteiger partial charge in [0.15, 0.2) is 5.82 Å². The Morgan fingerprint density at radius 3 is 2.63 bits per heavy atom. The topological polar surface area (TPSA) is 73.6 Å². The summed E-state index contributed by atoms with van der Waals surface area (Å²) in [6.45, 7) is 5.95. The molecule has 102 valence electrons. The molecule has 0 bridgehead atoms. The highest BCUT2D eigenvalue weighted by Gasteiger charge is 2.17. The minimum atomic E-state index is -1.23. The third-order valence-corrected chi connectivity index (χ3v) is 4.26. The molecule has 0 aliphatic carbocycles. The van der Waals surface area contributed by atoms with Crippen LogP contribution >= 0.6 is 15.9 Å². The molecule has 1 atom stereocenters. The average molecular weight is 344 g/mol. The van der Waals surface area contributed by atoms with Gasteiger partial charge in [-0.3, -0.25) is 8.78 Å². The zero-order chi connectivity index (χ0) is 14.2. The van der Waals surface area contributed by atoms with Gasteiger partial charge in [0, 0.05) is 12.2 Å². The molecular formula is C11H14BrN5OS. The lowest BCUT2D eigenvalue weighted by Crippen LogP contribution is -2.10. The SMILES string of the molecule is Cc1nc(C(C)C)nc(-n2cnnc2S(C)=O)c1Br. The van der Waals surface area contributed by atoms with Gasteiger partial charge in [-0.05, 0) is 22.9 Å². The Morgan fingerprint density at radius 1 is 1.37 bits per heavy atom. The number of nitrogens with zero attached hydrogens (tertiary/aromatic N) is 5. The van der Waals surface area contributed by atoms with Crippen molar-refractivity contribution in [2.45, 2.75) is 31.8 Å². The lowest BCUT2D eigenvalue weighted by molar-refractivity contribution is 0.672. The molecule has 0 saturated heterocycles. The molecule has 0 radical (unpaired) electrons. The Labute approximate surface area is 122 Å². The van der Waals surface area contributed by atoms with E-state index in [4.69, 9.17) is 0 Å². The Kier molecular flexibility index (Phi) is 4.10. The van der Waals surface area contributed by atoms with E-state index in [0.717, 1.165) is 16.0 Å². The summed E-state index contributed by atoms with van der Waals surface area (Å²) in [6, 6.07) is 0. The maximum absolute atomic E-state index is 11.6. The molecule has 0 aliphatic rings. The van der Waals surface area contributed by atoms with Gasteiger partial charge in [0.05, 0.1) is 21.0 Å². The van der Waals surface area contributed by atoms with Crippen molar-refractivity contribution in [3.05, 3.63) is 22.3 Å². The van der Waals surface area contributed by atoms with Crippen LogP contribution in [0.1, 0.15) is 31.3 Å². The van der Waals surface area contributed by atoms with Gasteiger partial charge in [-0.2, -0.15) is 0 Å². The fourth-order valence-corrected chi connectivity index (χ4v) is 2.49. The van der Waals surface area contributed by atoms with E-state index in [-0.39, 0.29) is 5.92 Å². The summed E-state index contributed by atoms with van der Waals surface area (Å²) < 4.78 is 14.0. The molecule has 1 unspecified atom stereocenters. The first-order chi connectivity index (χ1) is 8.91. The molecule has 0 aromatic carbocycles. The number of rotatable bonds is 3. The van der Waals surface area contributed by atoms with E-state index in [1.165, 1.54) is 6.33 Å². The highest BCUT2D eigenvalue weighted by Crippen LogP contribution is 2.25. The number of aryl methyl sites for hydroxylation is 1. The Hall–Kier alpha value is -1.15. The highest BCUT2D eigenvalue weighted by atomic mass is 79.9. The summed E-state index contributed by atoms with van der Waals surface area (Å²) in [7, 11) is -1.23. The van der Waals surface area contributed by atoms with Crippen LogP contribution in [0.25, 0.3) is 5.82 Å². The smallest absolute Gasteiger partial charge is 0.226 e. The van der Waals surface area contributed by atoms with E-state index in [9.17, 15) is 4.21 Å². The van der Waals surface area contributed by atoms with Gasteiger partial charge in [-0.25, -0.2) is 9.97 Å². The molecule has 2 aromatic heterocycles. The fourth-order valence-electron chi connectivity index (χ4n) is 1.55. The lowest BCUT2D eigenvalue weighted by Gasteiger charge is -2.12. The fraction of sp³-hybridized carbons (Fsp3) is 0.455. The molecule has 2 aromatic rings. The first-order valence-electron chi connectivity index (χ1n) is 5.69. The van der Waals surface area contributed by atoms with Gasteiger partial charge in [-0.15, -0.1) is 10.2 Å². The molecule has 0 spiro atoms. The maximum atomic E-state index is 11.6. The van der Waals surface area contributed by atoms with Gasteiger partial charge >= 0.3 is 0 Å². The van der Waals surface area contributed by atoms with Crippen molar-refractivity contribution in [3.8, 4) is 5.82 Å². The average Bonchev–Trinajstić information content (AvgIpc) is 2.81. The summed E-state index contributed by atoms with van der Waals surface area (Å²) in [5, 5.41) is 8.04. The molecule has 19 heavy (non-hydrogen) atoms. The predicted molar refractivity (Wildman–Crippen MR) is 75.8 cm³/mol. The summed E-state index contributed by atoms with van der Waals surface area (Å²) >= 11 is 3.47. The van der Waals surface area contributed by atoms with Crippen molar-refractivity contribution in [2.75, 3.05) is 6.26 Å². The lowest BCUT2D eigenvalue weighted by atomic mass is 10.2. The minimum Gasteiger partial charge on any atom is -0.257 e. The van der Waals surface area contributed by atoms with E-state index in [1.54, 1.807) is 10.8 Å². The van der Waals surface area contributed by atoms with Crippen LogP contribution < -0.4 is 0 Å². The van der Waals surface area contributed by atoms with Gasteiger partial charge in [0.2, 0.25) is 5.16 Å². The molecule has 2 heterocycles. The second kappa shape index (κ2) is 5.46. The van der Waals surface area contributed by atoms with Gasteiger partial charge in [-0.1, -0.05) is 13.8 Å². The van der Waals surface area contributed by atoms with Crippen molar-refractivity contribution in [2.24, 2.45) is 0 Å². The van der Waals surface area contributed by atoms with Gasteiger partial charge in [0.1, 0.15) is 12.2 Å². The van der Waals surface area contributed by atoms with Crippen molar-refractivity contribution in [1.29, 1.82) is 0 Å². The van der Waals surface area contributed by atoms with Crippen molar-refractivity contribution in [3.63, 3.8) is 0 Å². The zero-order valence-electron chi connectivity index (χ0n) is 11.1. The third-order valence-electron chi connectivity index (χ3n) is 2.53. The van der Waals surface area contributed by atoms with Crippen LogP contribution in [0, 0.1) is 6.92 Å². The van der Waals surface area contributed by atoms with E-state index in [0.29, 0.717) is 11.0 Å². The van der Waals surface area contributed by atoms with Crippen LogP contribution in [-0.4, -0.2) is 35.2 Å². The summed E-state index contributed by atoms with van der Waals surface area (Å²) in [5.74, 6) is 1.56. The summed E-state index contributed by atoms with van der Waals surface area (Å²) in [6.07, 6.45) is 3.07. The van der Waals surface area contributed by atoms with Crippen molar-refractivity contribution >= 4 is 26.7 Å². The number of hydrogen-bond donors (Lipinski definition) is 0. The van der Waals surface area contributed by atoms with Crippen LogP contribution in [0.5, 0.6) is 0 Å². The molecule has 0 fully saturated rings. The number of hydrogen-bond acceptors (Lipinski definition) is 5. The molecule has 0 N–H and O–H groups in total. The van der Waals surface area contributed by atoms with Gasteiger partial charge in [0.25, 0.3) is 0 Å². The van der Waals surface area contributed by atoms with Crippen LogP contribution in [0.4, 0.5) is 0 Å².